The summed E-state index contributed by atoms with van der Waals surface area (Å²) in [6.07, 6.45) is 10.0. The molecule has 1 amide bonds. The van der Waals surface area contributed by atoms with E-state index in [1.807, 2.05) is 18.2 Å². The number of amides is 1. The second kappa shape index (κ2) is 8.31. The van der Waals surface area contributed by atoms with Crippen molar-refractivity contribution < 1.29 is 19.1 Å². The van der Waals surface area contributed by atoms with Crippen LogP contribution in [0.3, 0.4) is 0 Å². The van der Waals surface area contributed by atoms with Crippen molar-refractivity contribution in [3.8, 4) is 5.69 Å². The summed E-state index contributed by atoms with van der Waals surface area (Å²) in [6.45, 7) is 1.67. The minimum Gasteiger partial charge on any atom is -0.441 e. The van der Waals surface area contributed by atoms with Gasteiger partial charge in [-0.1, -0.05) is 18.2 Å². The number of carbonyl (C=O) groups is 1. The van der Waals surface area contributed by atoms with Crippen LogP contribution < -0.4 is 5.32 Å². The summed E-state index contributed by atoms with van der Waals surface area (Å²) in [5, 5.41) is 18.5. The minimum absolute atomic E-state index is 0.314. The van der Waals surface area contributed by atoms with E-state index in [-0.39, 0.29) is 11.9 Å². The third kappa shape index (κ3) is 4.08. The number of aromatic nitrogens is 2. The SMILES string of the molecule is O=C1OC2(CCC(CNc3ccn(-c4ccccc4F)n3)CC2)CN1C1=CN(O)CC=C1. The molecule has 9 heteroatoms. The summed E-state index contributed by atoms with van der Waals surface area (Å²) >= 11 is 0. The summed E-state index contributed by atoms with van der Waals surface area (Å²) in [5.74, 6) is 0.830. The van der Waals surface area contributed by atoms with Gasteiger partial charge in [0.1, 0.15) is 22.9 Å². The lowest BCUT2D eigenvalue weighted by Gasteiger charge is -2.35. The van der Waals surface area contributed by atoms with E-state index in [0.717, 1.165) is 37.3 Å². The predicted molar refractivity (Wildman–Crippen MR) is 116 cm³/mol. The van der Waals surface area contributed by atoms with Gasteiger partial charge in [0, 0.05) is 18.8 Å². The van der Waals surface area contributed by atoms with Gasteiger partial charge in [-0.3, -0.25) is 15.2 Å². The van der Waals surface area contributed by atoms with Crippen molar-refractivity contribution in [3.05, 3.63) is 66.4 Å². The second-order valence-electron chi connectivity index (χ2n) is 8.64. The highest BCUT2D eigenvalue weighted by molar-refractivity contribution is 5.74. The molecule has 1 saturated carbocycles. The van der Waals surface area contributed by atoms with E-state index in [2.05, 4.69) is 10.4 Å². The van der Waals surface area contributed by atoms with Gasteiger partial charge in [-0.05, 0) is 49.8 Å². The minimum atomic E-state index is -0.466. The van der Waals surface area contributed by atoms with Crippen LogP contribution in [0.25, 0.3) is 5.69 Å². The number of nitrogens with zero attached hydrogens (tertiary/aromatic N) is 4. The lowest BCUT2D eigenvalue weighted by atomic mass is 9.78. The van der Waals surface area contributed by atoms with Gasteiger partial charge in [0.15, 0.2) is 0 Å². The van der Waals surface area contributed by atoms with Crippen LogP contribution in [0.2, 0.25) is 0 Å². The Labute approximate surface area is 185 Å². The zero-order chi connectivity index (χ0) is 22.1. The second-order valence-corrected chi connectivity index (χ2v) is 8.64. The van der Waals surface area contributed by atoms with Gasteiger partial charge in [-0.25, -0.2) is 13.9 Å². The van der Waals surface area contributed by atoms with E-state index >= 15 is 0 Å². The number of para-hydroxylation sites is 1. The van der Waals surface area contributed by atoms with Crippen LogP contribution in [0.5, 0.6) is 0 Å². The molecule has 0 bridgehead atoms. The summed E-state index contributed by atoms with van der Waals surface area (Å²) < 4.78 is 21.3. The highest BCUT2D eigenvalue weighted by Gasteiger charge is 2.48. The van der Waals surface area contributed by atoms with E-state index < -0.39 is 5.60 Å². The number of hydrogen-bond acceptors (Lipinski definition) is 6. The number of carbonyl (C=O) groups excluding carboxylic acids is 1. The number of hydrogen-bond donors (Lipinski definition) is 2. The van der Waals surface area contributed by atoms with E-state index in [1.54, 1.807) is 35.5 Å². The van der Waals surface area contributed by atoms with Crippen LogP contribution in [0.15, 0.2) is 60.6 Å². The molecule has 2 aromatic rings. The molecule has 3 aliphatic rings. The van der Waals surface area contributed by atoms with E-state index in [1.165, 1.54) is 10.7 Å². The summed E-state index contributed by atoms with van der Waals surface area (Å²) in [4.78, 5) is 14.1. The summed E-state index contributed by atoms with van der Waals surface area (Å²) in [6, 6.07) is 8.38. The lowest BCUT2D eigenvalue weighted by molar-refractivity contribution is -0.0325. The molecule has 0 atom stereocenters. The van der Waals surface area contributed by atoms with Gasteiger partial charge in [0.2, 0.25) is 0 Å². The third-order valence-electron chi connectivity index (χ3n) is 6.42. The van der Waals surface area contributed by atoms with Crippen molar-refractivity contribution in [1.29, 1.82) is 0 Å². The molecule has 1 aliphatic carbocycles. The summed E-state index contributed by atoms with van der Waals surface area (Å²) in [7, 11) is 0. The smallest absolute Gasteiger partial charge is 0.415 e. The first-order chi connectivity index (χ1) is 15.5. The van der Waals surface area contributed by atoms with Crippen LogP contribution in [-0.2, 0) is 4.74 Å². The maximum absolute atomic E-state index is 14.0. The number of benzene rings is 1. The van der Waals surface area contributed by atoms with Crippen molar-refractivity contribution in [2.45, 2.75) is 31.3 Å². The summed E-state index contributed by atoms with van der Waals surface area (Å²) in [5.41, 5.74) is 0.599. The number of rotatable bonds is 5. The molecule has 1 spiro atoms. The number of nitrogens with one attached hydrogen (secondary N) is 1. The third-order valence-corrected chi connectivity index (χ3v) is 6.42. The van der Waals surface area contributed by atoms with Crippen LogP contribution in [0, 0.1) is 11.7 Å². The highest BCUT2D eigenvalue weighted by Crippen LogP contribution is 2.40. The van der Waals surface area contributed by atoms with Crippen LogP contribution in [0.4, 0.5) is 15.0 Å². The fourth-order valence-corrected chi connectivity index (χ4v) is 4.62. The van der Waals surface area contributed by atoms with Crippen molar-refractivity contribution in [1.82, 2.24) is 19.7 Å². The Morgan fingerprint density at radius 1 is 1.25 bits per heavy atom. The molecule has 2 fully saturated rings. The van der Waals surface area contributed by atoms with Gasteiger partial charge in [0.25, 0.3) is 0 Å². The average Bonchev–Trinajstić information content (AvgIpc) is 3.38. The quantitative estimate of drug-likeness (QED) is 0.735. The van der Waals surface area contributed by atoms with Crippen LogP contribution >= 0.6 is 0 Å². The van der Waals surface area contributed by atoms with Gasteiger partial charge >= 0.3 is 6.09 Å². The Balaban J connectivity index is 1.15. The molecular formula is C23H26FN5O3. The molecule has 1 aromatic heterocycles. The normalized spacial score (nSPS) is 25.2. The molecule has 0 radical (unpaired) electrons. The lowest BCUT2D eigenvalue weighted by Crippen LogP contribution is -2.39. The Hall–Kier alpha value is -3.33. The van der Waals surface area contributed by atoms with E-state index in [4.69, 9.17) is 4.74 Å². The predicted octanol–water partition coefficient (Wildman–Crippen LogP) is 3.91. The van der Waals surface area contributed by atoms with Gasteiger partial charge in [-0.2, -0.15) is 5.10 Å². The number of hydroxylamine groups is 2. The largest absolute Gasteiger partial charge is 0.441 e. The Morgan fingerprint density at radius 3 is 2.84 bits per heavy atom. The molecule has 3 heterocycles. The molecule has 32 heavy (non-hydrogen) atoms. The molecule has 168 valence electrons. The molecule has 5 rings (SSSR count). The van der Waals surface area contributed by atoms with Gasteiger partial charge in [0.05, 0.1) is 25.0 Å². The van der Waals surface area contributed by atoms with Crippen molar-refractivity contribution in [2.24, 2.45) is 5.92 Å². The molecule has 1 aromatic carbocycles. The molecule has 0 unspecified atom stereocenters. The molecule has 8 nitrogen and oxygen atoms in total. The molecule has 2 N–H and O–H groups in total. The van der Waals surface area contributed by atoms with Gasteiger partial charge in [-0.15, -0.1) is 0 Å². The number of halogens is 1. The Morgan fingerprint density at radius 2 is 2.06 bits per heavy atom. The van der Waals surface area contributed by atoms with Gasteiger partial charge < -0.3 is 10.1 Å². The zero-order valence-electron chi connectivity index (χ0n) is 17.7. The van der Waals surface area contributed by atoms with Crippen LogP contribution in [0.1, 0.15) is 25.7 Å². The number of ether oxygens (including phenoxy) is 1. The fraction of sp³-hybridized carbons (Fsp3) is 0.391. The topological polar surface area (TPSA) is 82.9 Å². The number of anilines is 1. The standard InChI is InChI=1S/C23H26FN5O3/c24-19-5-1-2-6-20(19)29-13-9-21(26-29)25-14-17-7-10-23(11-8-17)16-28(22(30)32-23)18-4-3-12-27(31)15-18/h1-6,9,13,15,17,31H,7-8,10-12,14,16H2,(H,25,26). The molecular weight excluding hydrogens is 413 g/mol. The maximum Gasteiger partial charge on any atom is 0.415 e. The molecule has 1 saturated heterocycles. The van der Waals surface area contributed by atoms with Crippen LogP contribution in [-0.4, -0.2) is 56.3 Å². The highest BCUT2D eigenvalue weighted by atomic mass is 19.1. The zero-order valence-corrected chi connectivity index (χ0v) is 17.7. The van der Waals surface area contributed by atoms with E-state index in [0.29, 0.717) is 36.2 Å². The van der Waals surface area contributed by atoms with Crippen molar-refractivity contribution in [3.63, 3.8) is 0 Å². The van der Waals surface area contributed by atoms with Crippen molar-refractivity contribution >= 4 is 11.9 Å². The Kier molecular flexibility index (Phi) is 5.34. The first-order valence-corrected chi connectivity index (χ1v) is 10.9. The number of allylic oxidation sites excluding steroid dienone is 1. The van der Waals surface area contributed by atoms with E-state index in [9.17, 15) is 14.4 Å². The Bertz CT molecular complexity index is 1060. The average molecular weight is 439 g/mol. The monoisotopic (exact) mass is 439 g/mol. The van der Waals surface area contributed by atoms with Crippen molar-refractivity contribution in [2.75, 3.05) is 25.0 Å². The fourth-order valence-electron chi connectivity index (χ4n) is 4.62. The molecule has 2 aliphatic heterocycles. The first-order valence-electron chi connectivity index (χ1n) is 10.9. The maximum atomic E-state index is 14.0. The first kappa shape index (κ1) is 20.6.